The fourth-order valence-electron chi connectivity index (χ4n) is 4.26. The van der Waals surface area contributed by atoms with Gasteiger partial charge in [0, 0.05) is 58.2 Å². The molecule has 1 aromatic heterocycles. The molecule has 0 saturated carbocycles. The molecule has 1 saturated heterocycles. The van der Waals surface area contributed by atoms with Gasteiger partial charge >= 0.3 is 6.03 Å². The third kappa shape index (κ3) is 6.13. The van der Waals surface area contributed by atoms with Gasteiger partial charge in [0.25, 0.3) is 5.91 Å². The summed E-state index contributed by atoms with van der Waals surface area (Å²) in [5.41, 5.74) is 0.459. The van der Waals surface area contributed by atoms with Crippen molar-refractivity contribution in [3.05, 3.63) is 34.7 Å². The molecule has 1 atom stereocenters. The number of hydrogen-bond acceptors (Lipinski definition) is 5. The van der Waals surface area contributed by atoms with Crippen LogP contribution in [-0.4, -0.2) is 58.9 Å². The first kappa shape index (κ1) is 26.1. The molecule has 4 N–H and O–H groups in total. The molecule has 0 aliphatic carbocycles. The summed E-state index contributed by atoms with van der Waals surface area (Å²) in [5, 5.41) is 8.98. The second-order valence-corrected chi connectivity index (χ2v) is 9.72. The standard InChI is InChI=1S/C22H30ClFN6O3S/c1-14(31)26-10-4-8-22(9-5-11-30(13-22)34-28-21(33)25-2)27-20(32)18-12-15-17(29(18)3)7-6-16(24)19(15)23/h6-7,12H,4-5,8-11,13H2,1-3H3,(H,26,31)(H,27,32)(H2,25,28,33). The van der Waals surface area contributed by atoms with E-state index in [2.05, 4.69) is 20.7 Å². The van der Waals surface area contributed by atoms with Gasteiger partial charge < -0.3 is 20.5 Å². The number of rotatable bonds is 8. The predicted molar refractivity (Wildman–Crippen MR) is 132 cm³/mol. The quantitative estimate of drug-likeness (QED) is 0.321. The Hall–Kier alpha value is -2.50. The summed E-state index contributed by atoms with van der Waals surface area (Å²) in [5.74, 6) is -0.932. The zero-order chi connectivity index (χ0) is 24.9. The molecule has 3 rings (SSSR count). The summed E-state index contributed by atoms with van der Waals surface area (Å²) >= 11 is 7.33. The van der Waals surface area contributed by atoms with E-state index in [4.69, 9.17) is 11.6 Å². The van der Waals surface area contributed by atoms with Gasteiger partial charge in [-0.1, -0.05) is 11.6 Å². The number of carbonyl (C=O) groups excluding carboxylic acids is 3. The Bertz CT molecular complexity index is 1080. The maximum atomic E-state index is 13.9. The van der Waals surface area contributed by atoms with E-state index in [1.165, 1.54) is 25.1 Å². The molecular formula is C22H30ClFN6O3S. The molecule has 1 aromatic carbocycles. The highest BCUT2D eigenvalue weighted by molar-refractivity contribution is 7.95. The van der Waals surface area contributed by atoms with E-state index in [0.29, 0.717) is 42.5 Å². The third-order valence-electron chi connectivity index (χ3n) is 5.97. The minimum Gasteiger partial charge on any atom is -0.356 e. The first-order valence-corrected chi connectivity index (χ1v) is 12.2. The number of amides is 4. The van der Waals surface area contributed by atoms with Crippen molar-refractivity contribution in [3.8, 4) is 0 Å². The van der Waals surface area contributed by atoms with Crippen molar-refractivity contribution in [2.24, 2.45) is 7.05 Å². The normalized spacial score (nSPS) is 18.5. The second-order valence-electron chi connectivity index (χ2n) is 8.44. The Kier molecular flexibility index (Phi) is 8.67. The molecule has 186 valence electrons. The Morgan fingerprint density at radius 3 is 2.76 bits per heavy atom. The number of piperidine rings is 1. The molecule has 1 aliphatic heterocycles. The van der Waals surface area contributed by atoms with Crippen molar-refractivity contribution in [1.82, 2.24) is 29.5 Å². The van der Waals surface area contributed by atoms with Crippen LogP contribution in [0.15, 0.2) is 18.2 Å². The van der Waals surface area contributed by atoms with Crippen LogP contribution in [0.25, 0.3) is 10.9 Å². The van der Waals surface area contributed by atoms with Gasteiger partial charge in [-0.05, 0) is 43.9 Å². The molecule has 0 radical (unpaired) electrons. The maximum Gasteiger partial charge on any atom is 0.325 e. The summed E-state index contributed by atoms with van der Waals surface area (Å²) in [7, 11) is 3.28. The summed E-state index contributed by atoms with van der Waals surface area (Å²) < 4.78 is 20.4. The molecule has 1 unspecified atom stereocenters. The number of carbonyl (C=O) groups is 3. The molecule has 12 heteroatoms. The number of nitrogens with one attached hydrogen (secondary N) is 4. The van der Waals surface area contributed by atoms with Gasteiger partial charge in [-0.15, -0.1) is 0 Å². The monoisotopic (exact) mass is 512 g/mol. The second kappa shape index (κ2) is 11.3. The van der Waals surface area contributed by atoms with Gasteiger partial charge in [0.05, 0.1) is 16.1 Å². The molecule has 9 nitrogen and oxygen atoms in total. The fourth-order valence-corrected chi connectivity index (χ4v) is 5.32. The highest BCUT2D eigenvalue weighted by atomic mass is 35.5. The summed E-state index contributed by atoms with van der Waals surface area (Å²) in [4.78, 5) is 36.3. The smallest absolute Gasteiger partial charge is 0.325 e. The number of fused-ring (bicyclic) bond motifs is 1. The van der Waals surface area contributed by atoms with Gasteiger partial charge in [0.1, 0.15) is 11.5 Å². The summed E-state index contributed by atoms with van der Waals surface area (Å²) in [6, 6.07) is 4.17. The van der Waals surface area contributed by atoms with Crippen LogP contribution in [0.4, 0.5) is 9.18 Å². The van der Waals surface area contributed by atoms with E-state index in [-0.39, 0.29) is 22.9 Å². The van der Waals surface area contributed by atoms with Crippen molar-refractivity contribution in [2.45, 2.75) is 38.1 Å². The number of aryl methyl sites for hydroxylation is 1. The van der Waals surface area contributed by atoms with E-state index < -0.39 is 11.4 Å². The van der Waals surface area contributed by atoms with Crippen molar-refractivity contribution in [3.63, 3.8) is 0 Å². The third-order valence-corrected chi connectivity index (χ3v) is 7.20. The van der Waals surface area contributed by atoms with Gasteiger partial charge in [0.2, 0.25) is 5.91 Å². The minimum atomic E-state index is -0.573. The number of urea groups is 1. The lowest BCUT2D eigenvalue weighted by molar-refractivity contribution is -0.119. The molecule has 2 aromatic rings. The molecule has 34 heavy (non-hydrogen) atoms. The topological polar surface area (TPSA) is 108 Å². The Morgan fingerprint density at radius 1 is 1.29 bits per heavy atom. The van der Waals surface area contributed by atoms with E-state index in [0.717, 1.165) is 19.4 Å². The highest BCUT2D eigenvalue weighted by Crippen LogP contribution is 2.31. The molecule has 2 heterocycles. The molecule has 1 aliphatic rings. The summed E-state index contributed by atoms with van der Waals surface area (Å²) in [6.45, 7) is 3.22. The van der Waals surface area contributed by atoms with Crippen LogP contribution in [-0.2, 0) is 11.8 Å². The maximum absolute atomic E-state index is 13.9. The molecule has 4 amide bonds. The summed E-state index contributed by atoms with van der Waals surface area (Å²) in [6.07, 6.45) is 2.87. The van der Waals surface area contributed by atoms with Gasteiger partial charge in [-0.25, -0.2) is 13.5 Å². The molecule has 1 fully saturated rings. The lowest BCUT2D eigenvalue weighted by Crippen LogP contribution is -2.58. The van der Waals surface area contributed by atoms with Gasteiger partial charge in [0.15, 0.2) is 0 Å². The molecule has 0 bridgehead atoms. The number of hydrogen-bond donors (Lipinski definition) is 4. The van der Waals surface area contributed by atoms with Crippen LogP contribution in [0.5, 0.6) is 0 Å². The van der Waals surface area contributed by atoms with Gasteiger partial charge in [-0.2, -0.15) is 0 Å². The van der Waals surface area contributed by atoms with E-state index >= 15 is 0 Å². The van der Waals surface area contributed by atoms with Crippen LogP contribution >= 0.6 is 23.7 Å². The number of halogens is 2. The van der Waals surface area contributed by atoms with Crippen LogP contribution in [0.3, 0.4) is 0 Å². The molecule has 0 spiro atoms. The fraction of sp³-hybridized carbons (Fsp3) is 0.500. The van der Waals surface area contributed by atoms with Crippen LogP contribution < -0.4 is 20.7 Å². The largest absolute Gasteiger partial charge is 0.356 e. The van der Waals surface area contributed by atoms with Crippen molar-refractivity contribution >= 4 is 52.5 Å². The average Bonchev–Trinajstić information content (AvgIpc) is 3.15. The first-order valence-electron chi connectivity index (χ1n) is 11.1. The van der Waals surface area contributed by atoms with Crippen LogP contribution in [0, 0.1) is 5.82 Å². The zero-order valence-corrected chi connectivity index (χ0v) is 21.0. The van der Waals surface area contributed by atoms with Crippen molar-refractivity contribution in [2.75, 3.05) is 26.7 Å². The Labute approximate surface area is 207 Å². The average molecular weight is 513 g/mol. The predicted octanol–water partition coefficient (Wildman–Crippen LogP) is 2.94. The number of benzene rings is 1. The lowest BCUT2D eigenvalue weighted by atomic mass is 9.85. The minimum absolute atomic E-state index is 0.0160. The van der Waals surface area contributed by atoms with Crippen molar-refractivity contribution in [1.29, 1.82) is 0 Å². The van der Waals surface area contributed by atoms with Gasteiger partial charge in [-0.3, -0.25) is 14.3 Å². The molecular weight excluding hydrogens is 483 g/mol. The Morgan fingerprint density at radius 2 is 2.06 bits per heavy atom. The number of nitrogens with zero attached hydrogens (tertiary/aromatic N) is 2. The van der Waals surface area contributed by atoms with Crippen LogP contribution in [0.1, 0.15) is 43.1 Å². The highest BCUT2D eigenvalue weighted by Gasteiger charge is 2.38. The van der Waals surface area contributed by atoms with Crippen LogP contribution in [0.2, 0.25) is 5.02 Å². The SMILES string of the molecule is CNC(=O)NSN1CCCC(CCCNC(C)=O)(NC(=O)c2cc3c(Cl)c(F)ccc3n2C)C1. The number of aromatic nitrogens is 1. The first-order chi connectivity index (χ1) is 16.2. The van der Waals surface area contributed by atoms with E-state index in [9.17, 15) is 18.8 Å². The Balaban J connectivity index is 1.81. The lowest BCUT2D eigenvalue weighted by Gasteiger charge is -2.42. The van der Waals surface area contributed by atoms with Crippen molar-refractivity contribution < 1.29 is 18.8 Å². The van der Waals surface area contributed by atoms with E-state index in [1.807, 2.05) is 4.31 Å². The zero-order valence-electron chi connectivity index (χ0n) is 19.5. The van der Waals surface area contributed by atoms with E-state index in [1.54, 1.807) is 30.8 Å².